The molecule has 0 aliphatic carbocycles. The number of nitrogens with one attached hydrogen (secondary N) is 2. The summed E-state index contributed by atoms with van der Waals surface area (Å²) in [6.45, 7) is 1.25. The van der Waals surface area contributed by atoms with E-state index in [1.807, 2.05) is 0 Å². The van der Waals surface area contributed by atoms with Gasteiger partial charge in [0.05, 0.1) is 9.82 Å². The van der Waals surface area contributed by atoms with Gasteiger partial charge in [-0.25, -0.2) is 13.1 Å². The van der Waals surface area contributed by atoms with Gasteiger partial charge >= 0.3 is 5.69 Å². The summed E-state index contributed by atoms with van der Waals surface area (Å²) in [6.07, 6.45) is 0.666. The number of nitrogens with zero attached hydrogens (tertiary/aromatic N) is 1. The van der Waals surface area contributed by atoms with Crippen molar-refractivity contribution in [1.29, 1.82) is 0 Å². The van der Waals surface area contributed by atoms with Gasteiger partial charge in [-0.1, -0.05) is 0 Å². The quantitative estimate of drug-likeness (QED) is 0.527. The number of phenols is 1. The Morgan fingerprint density at radius 2 is 2.21 bits per heavy atom. The zero-order valence-electron chi connectivity index (χ0n) is 9.87. The Morgan fingerprint density at radius 1 is 1.47 bits per heavy atom. The highest BCUT2D eigenvalue weighted by atomic mass is 32.2. The molecule has 0 unspecified atom stereocenters. The van der Waals surface area contributed by atoms with Crippen molar-refractivity contribution in [2.75, 3.05) is 13.1 Å². The van der Waals surface area contributed by atoms with Crippen molar-refractivity contribution in [3.05, 3.63) is 28.3 Å². The number of sulfonamides is 1. The topological polar surface area (TPSA) is 122 Å². The summed E-state index contributed by atoms with van der Waals surface area (Å²) >= 11 is 0. The number of hydrogen-bond donors (Lipinski definition) is 3. The minimum Gasteiger partial charge on any atom is -0.502 e. The van der Waals surface area contributed by atoms with Crippen LogP contribution in [0.25, 0.3) is 0 Å². The maximum atomic E-state index is 12.0. The molecule has 9 heteroatoms. The molecule has 1 aromatic rings. The van der Waals surface area contributed by atoms with E-state index < -0.39 is 26.4 Å². The summed E-state index contributed by atoms with van der Waals surface area (Å²) in [4.78, 5) is 9.61. The maximum absolute atomic E-state index is 12.0. The van der Waals surface area contributed by atoms with Gasteiger partial charge in [-0.3, -0.25) is 10.1 Å². The molecule has 1 heterocycles. The second-order valence-electron chi connectivity index (χ2n) is 4.22. The van der Waals surface area contributed by atoms with Crippen LogP contribution in [-0.2, 0) is 10.0 Å². The number of benzene rings is 1. The molecule has 104 valence electrons. The van der Waals surface area contributed by atoms with Crippen LogP contribution in [0.3, 0.4) is 0 Å². The van der Waals surface area contributed by atoms with Crippen LogP contribution in [0.2, 0.25) is 0 Å². The molecule has 0 aromatic heterocycles. The molecule has 8 nitrogen and oxygen atoms in total. The highest BCUT2D eigenvalue weighted by Crippen LogP contribution is 2.28. The Kier molecular flexibility index (Phi) is 3.69. The van der Waals surface area contributed by atoms with Crippen molar-refractivity contribution in [3.8, 4) is 5.75 Å². The molecule has 0 radical (unpaired) electrons. The van der Waals surface area contributed by atoms with Crippen LogP contribution in [0.15, 0.2) is 23.1 Å². The van der Waals surface area contributed by atoms with E-state index in [-0.39, 0.29) is 10.9 Å². The standard InChI is InChI=1S/C10H13N3O5S/c14-10-2-1-8(5-9(10)13(15)16)19(17,18)12-7-3-4-11-6-7/h1-2,5,7,11-12,14H,3-4,6H2/t7-/m0/s1. The van der Waals surface area contributed by atoms with E-state index in [0.29, 0.717) is 13.0 Å². The van der Waals surface area contributed by atoms with Gasteiger partial charge in [0.2, 0.25) is 10.0 Å². The molecular formula is C10H13N3O5S. The van der Waals surface area contributed by atoms with Crippen LogP contribution in [-0.4, -0.2) is 37.6 Å². The number of hydrogen-bond acceptors (Lipinski definition) is 6. The molecule has 2 rings (SSSR count). The fourth-order valence-electron chi connectivity index (χ4n) is 1.86. The van der Waals surface area contributed by atoms with E-state index in [0.717, 1.165) is 24.7 Å². The molecule has 0 amide bonds. The second kappa shape index (κ2) is 5.11. The Bertz CT molecular complexity index is 595. The Morgan fingerprint density at radius 3 is 2.79 bits per heavy atom. The minimum atomic E-state index is -3.82. The van der Waals surface area contributed by atoms with Crippen molar-refractivity contribution in [2.45, 2.75) is 17.4 Å². The van der Waals surface area contributed by atoms with E-state index in [9.17, 15) is 23.6 Å². The third-order valence-electron chi connectivity index (χ3n) is 2.84. The van der Waals surface area contributed by atoms with Gasteiger partial charge in [0.25, 0.3) is 0 Å². The normalized spacial score (nSPS) is 19.5. The second-order valence-corrected chi connectivity index (χ2v) is 5.93. The first-order valence-corrected chi connectivity index (χ1v) is 7.09. The molecule has 0 bridgehead atoms. The van der Waals surface area contributed by atoms with E-state index >= 15 is 0 Å². The van der Waals surface area contributed by atoms with Crippen molar-refractivity contribution in [2.24, 2.45) is 0 Å². The summed E-state index contributed by atoms with van der Waals surface area (Å²) in [5.41, 5.74) is -0.632. The number of aromatic hydroxyl groups is 1. The third kappa shape index (κ3) is 3.00. The van der Waals surface area contributed by atoms with Gasteiger partial charge < -0.3 is 10.4 Å². The van der Waals surface area contributed by atoms with Crippen LogP contribution in [0.1, 0.15) is 6.42 Å². The van der Waals surface area contributed by atoms with Gasteiger partial charge in [0, 0.05) is 18.7 Å². The molecule has 3 N–H and O–H groups in total. The Labute approximate surface area is 109 Å². The monoisotopic (exact) mass is 287 g/mol. The van der Waals surface area contributed by atoms with Gasteiger partial charge in [-0.15, -0.1) is 0 Å². The fourth-order valence-corrected chi connectivity index (χ4v) is 3.15. The van der Waals surface area contributed by atoms with E-state index in [1.54, 1.807) is 0 Å². The molecule has 1 atom stereocenters. The molecule has 1 aliphatic rings. The summed E-state index contributed by atoms with van der Waals surface area (Å²) in [5.74, 6) is -0.563. The lowest BCUT2D eigenvalue weighted by Gasteiger charge is -2.11. The smallest absolute Gasteiger partial charge is 0.312 e. The Balaban J connectivity index is 2.29. The van der Waals surface area contributed by atoms with Crippen LogP contribution in [0.4, 0.5) is 5.69 Å². The van der Waals surface area contributed by atoms with E-state index in [4.69, 9.17) is 0 Å². The summed E-state index contributed by atoms with van der Waals surface area (Å²) < 4.78 is 26.5. The van der Waals surface area contributed by atoms with Crippen LogP contribution < -0.4 is 10.0 Å². The van der Waals surface area contributed by atoms with Crippen LogP contribution >= 0.6 is 0 Å². The average Bonchev–Trinajstić information content (AvgIpc) is 2.80. The van der Waals surface area contributed by atoms with E-state index in [2.05, 4.69) is 10.0 Å². The number of nitro groups is 1. The van der Waals surface area contributed by atoms with Gasteiger partial charge in [0.1, 0.15) is 0 Å². The third-order valence-corrected chi connectivity index (χ3v) is 4.35. The first kappa shape index (κ1) is 13.7. The number of nitro benzene ring substituents is 1. The maximum Gasteiger partial charge on any atom is 0.312 e. The zero-order valence-corrected chi connectivity index (χ0v) is 10.7. The molecule has 1 fully saturated rings. The molecule has 0 saturated carbocycles. The molecule has 1 aromatic carbocycles. The van der Waals surface area contributed by atoms with Crippen LogP contribution in [0, 0.1) is 10.1 Å². The van der Waals surface area contributed by atoms with Crippen molar-refractivity contribution < 1.29 is 18.4 Å². The predicted molar refractivity (Wildman–Crippen MR) is 66.4 cm³/mol. The summed E-state index contributed by atoms with van der Waals surface area (Å²) in [5, 5.41) is 23.0. The SMILES string of the molecule is O=[N+]([O-])c1cc(S(=O)(=O)N[C@H]2CCNC2)ccc1O. The van der Waals surface area contributed by atoms with Gasteiger partial charge in [-0.05, 0) is 25.1 Å². The fraction of sp³-hybridized carbons (Fsp3) is 0.400. The van der Waals surface area contributed by atoms with Crippen LogP contribution in [0.5, 0.6) is 5.75 Å². The van der Waals surface area contributed by atoms with Crippen molar-refractivity contribution >= 4 is 15.7 Å². The minimum absolute atomic E-state index is 0.224. The first-order chi connectivity index (χ1) is 8.90. The number of phenolic OH excluding ortho intramolecular Hbond substituents is 1. The van der Waals surface area contributed by atoms with Crippen molar-refractivity contribution in [3.63, 3.8) is 0 Å². The highest BCUT2D eigenvalue weighted by Gasteiger charge is 2.25. The van der Waals surface area contributed by atoms with E-state index in [1.165, 1.54) is 0 Å². The van der Waals surface area contributed by atoms with Gasteiger partial charge in [-0.2, -0.15) is 0 Å². The largest absolute Gasteiger partial charge is 0.502 e. The molecular weight excluding hydrogens is 274 g/mol. The molecule has 0 spiro atoms. The molecule has 1 saturated heterocycles. The lowest BCUT2D eigenvalue weighted by molar-refractivity contribution is -0.386. The van der Waals surface area contributed by atoms with Crippen molar-refractivity contribution in [1.82, 2.24) is 10.0 Å². The zero-order chi connectivity index (χ0) is 14.0. The predicted octanol–water partition coefficient (Wildman–Crippen LogP) is -0.0594. The lowest BCUT2D eigenvalue weighted by Crippen LogP contribution is -2.36. The summed E-state index contributed by atoms with van der Waals surface area (Å²) in [7, 11) is -3.82. The lowest BCUT2D eigenvalue weighted by atomic mass is 10.3. The first-order valence-electron chi connectivity index (χ1n) is 5.60. The summed E-state index contributed by atoms with van der Waals surface area (Å²) in [6, 6.07) is 2.75. The number of rotatable bonds is 4. The van der Waals surface area contributed by atoms with Gasteiger partial charge in [0.15, 0.2) is 5.75 Å². The molecule has 1 aliphatic heterocycles. The highest BCUT2D eigenvalue weighted by molar-refractivity contribution is 7.89. The Hall–Kier alpha value is -1.71. The average molecular weight is 287 g/mol. The molecule has 19 heavy (non-hydrogen) atoms.